The highest BCUT2D eigenvalue weighted by Crippen LogP contribution is 2.30. The highest BCUT2D eigenvalue weighted by atomic mass is 32.1. The van der Waals surface area contributed by atoms with Crippen molar-refractivity contribution >= 4 is 28.9 Å². The zero-order valence-electron chi connectivity index (χ0n) is 23.2. The molecule has 5 atom stereocenters. The number of carbonyl (C=O) groups excluding carboxylic acids is 2. The number of esters is 1. The number of unbranched alkanes of at least 4 members (excludes halogenated alkanes) is 3. The first kappa shape index (κ1) is 32.2. The molecule has 40 heavy (non-hydrogen) atoms. The van der Waals surface area contributed by atoms with Gasteiger partial charge in [-0.1, -0.05) is 38.3 Å². The third-order valence-electron chi connectivity index (χ3n) is 7.39. The van der Waals surface area contributed by atoms with Crippen LogP contribution < -0.4 is 4.90 Å². The average molecular weight is 578 g/mol. The van der Waals surface area contributed by atoms with Gasteiger partial charge in [0.1, 0.15) is 35.9 Å². The maximum atomic E-state index is 12.7. The van der Waals surface area contributed by atoms with Gasteiger partial charge >= 0.3 is 5.97 Å². The van der Waals surface area contributed by atoms with Crippen LogP contribution in [0.5, 0.6) is 0 Å². The zero-order chi connectivity index (χ0) is 29.1. The molecule has 1 aliphatic heterocycles. The van der Waals surface area contributed by atoms with Crippen LogP contribution in [0.25, 0.3) is 0 Å². The summed E-state index contributed by atoms with van der Waals surface area (Å²) in [5.41, 5.74) is 2.26. The van der Waals surface area contributed by atoms with Gasteiger partial charge in [0.05, 0.1) is 6.61 Å². The van der Waals surface area contributed by atoms with Crippen molar-refractivity contribution in [3.8, 4) is 0 Å². The van der Waals surface area contributed by atoms with Gasteiger partial charge in [-0.05, 0) is 68.4 Å². The third kappa shape index (κ3) is 9.09. The molecule has 0 aliphatic carbocycles. The fourth-order valence-electron chi connectivity index (χ4n) is 4.98. The molecule has 5 N–H and O–H groups in total. The number of hydrogen-bond donors (Lipinski definition) is 5. The fraction of sp³-hybridized carbons (Fsp3) is 0.600. The van der Waals surface area contributed by atoms with Crippen molar-refractivity contribution in [2.45, 2.75) is 102 Å². The number of aliphatic hydroxyl groups excluding tert-OH is 5. The van der Waals surface area contributed by atoms with Gasteiger partial charge < -0.3 is 35.2 Å². The van der Waals surface area contributed by atoms with E-state index in [0.29, 0.717) is 11.3 Å². The van der Waals surface area contributed by atoms with Crippen LogP contribution in [0, 0.1) is 0 Å². The molecule has 1 saturated heterocycles. The summed E-state index contributed by atoms with van der Waals surface area (Å²) in [6, 6.07) is 12.0. The predicted molar refractivity (Wildman–Crippen MR) is 153 cm³/mol. The van der Waals surface area contributed by atoms with Gasteiger partial charge in [-0.25, -0.2) is 4.79 Å². The molecule has 222 valence electrons. The Hall–Kier alpha value is -2.34. The lowest BCUT2D eigenvalue weighted by Crippen LogP contribution is -2.47. The number of thiophene rings is 1. The summed E-state index contributed by atoms with van der Waals surface area (Å²) in [6.45, 7) is 0.846. The Kier molecular flexibility index (Phi) is 13.0. The fourth-order valence-corrected chi connectivity index (χ4v) is 5.92. The molecule has 1 aromatic heterocycles. The van der Waals surface area contributed by atoms with Crippen molar-refractivity contribution in [1.29, 1.82) is 0 Å². The van der Waals surface area contributed by atoms with Crippen LogP contribution in [0.15, 0.2) is 36.4 Å². The number of aliphatic hydroxyl groups is 5. The Labute approximate surface area is 240 Å². The van der Waals surface area contributed by atoms with Crippen LogP contribution >= 0.6 is 11.3 Å². The van der Waals surface area contributed by atoms with Gasteiger partial charge in [0.2, 0.25) is 5.91 Å². The smallest absolute Gasteiger partial charge is 0.348 e. The number of rotatable bonds is 17. The molecule has 2 heterocycles. The second-order valence-electron chi connectivity index (χ2n) is 10.5. The largest absolute Gasteiger partial charge is 0.459 e. The minimum Gasteiger partial charge on any atom is -0.459 e. The number of aryl methyl sites for hydroxylation is 2. The van der Waals surface area contributed by atoms with Crippen LogP contribution in [-0.2, 0) is 22.4 Å². The van der Waals surface area contributed by atoms with E-state index in [2.05, 4.69) is 31.2 Å². The van der Waals surface area contributed by atoms with Crippen LogP contribution in [0.2, 0.25) is 0 Å². The molecule has 0 spiro atoms. The topological polar surface area (TPSA) is 148 Å². The van der Waals surface area contributed by atoms with E-state index in [4.69, 9.17) is 9.84 Å². The number of ether oxygens (including phenoxy) is 1. The molecule has 2 aromatic rings. The van der Waals surface area contributed by atoms with Crippen LogP contribution in [0.3, 0.4) is 0 Å². The first-order chi connectivity index (χ1) is 19.2. The van der Waals surface area contributed by atoms with Crippen molar-refractivity contribution in [3.05, 3.63) is 51.7 Å². The van der Waals surface area contributed by atoms with Gasteiger partial charge in [-0.15, -0.1) is 11.3 Å². The third-order valence-corrected chi connectivity index (χ3v) is 8.52. The molecule has 3 rings (SSSR count). The van der Waals surface area contributed by atoms with Gasteiger partial charge in [0.15, 0.2) is 0 Å². The summed E-state index contributed by atoms with van der Waals surface area (Å²) in [5.74, 6) is -0.506. The average Bonchev–Trinajstić information content (AvgIpc) is 3.59. The minimum absolute atomic E-state index is 0.153. The second-order valence-corrected chi connectivity index (χ2v) is 11.7. The molecule has 1 aliphatic rings. The van der Waals surface area contributed by atoms with Gasteiger partial charge in [-0.2, -0.15) is 0 Å². The number of nitrogens with zero attached hydrogens (tertiary/aromatic N) is 1. The Morgan fingerprint density at radius 2 is 1.70 bits per heavy atom. The number of benzene rings is 1. The number of anilines is 1. The SMILES string of the molecule is CCCCCCc1ccc(N2C(=O)CC[C@@H]2CCCc2ccc(C(=O)OC[C@H](O)[C@H](O)[C@@H](O)[C@H](O)CO)s2)cc1. The Morgan fingerprint density at radius 3 is 2.40 bits per heavy atom. The first-order valence-electron chi connectivity index (χ1n) is 14.2. The molecule has 0 bridgehead atoms. The van der Waals surface area contributed by atoms with E-state index in [-0.39, 0.29) is 11.9 Å². The molecule has 0 saturated carbocycles. The quantitative estimate of drug-likeness (QED) is 0.142. The van der Waals surface area contributed by atoms with E-state index < -0.39 is 43.6 Å². The normalized spacial score (nSPS) is 18.5. The summed E-state index contributed by atoms with van der Waals surface area (Å²) in [7, 11) is 0. The van der Waals surface area contributed by atoms with E-state index in [1.54, 1.807) is 6.07 Å². The lowest BCUT2D eigenvalue weighted by molar-refractivity contribution is -0.124. The molecular formula is C30H43NO8S. The summed E-state index contributed by atoms with van der Waals surface area (Å²) >= 11 is 1.29. The monoisotopic (exact) mass is 577 g/mol. The summed E-state index contributed by atoms with van der Waals surface area (Å²) < 4.78 is 5.05. The second kappa shape index (κ2) is 16.2. The highest BCUT2D eigenvalue weighted by molar-refractivity contribution is 7.13. The Morgan fingerprint density at radius 1 is 0.975 bits per heavy atom. The van der Waals surface area contributed by atoms with Crippen molar-refractivity contribution in [1.82, 2.24) is 0 Å². The highest BCUT2D eigenvalue weighted by Gasteiger charge is 2.32. The maximum absolute atomic E-state index is 12.7. The van der Waals surface area contributed by atoms with E-state index in [1.807, 2.05) is 11.0 Å². The van der Waals surface area contributed by atoms with E-state index in [9.17, 15) is 30.0 Å². The van der Waals surface area contributed by atoms with Crippen molar-refractivity contribution in [2.75, 3.05) is 18.1 Å². The summed E-state index contributed by atoms with van der Waals surface area (Å²) in [5, 5.41) is 47.7. The number of carbonyl (C=O) groups is 2. The molecule has 9 nitrogen and oxygen atoms in total. The zero-order valence-corrected chi connectivity index (χ0v) is 24.0. The van der Waals surface area contributed by atoms with Crippen LogP contribution in [-0.4, -0.2) is 81.1 Å². The number of hydrogen-bond acceptors (Lipinski definition) is 9. The van der Waals surface area contributed by atoms with E-state index in [1.165, 1.54) is 42.6 Å². The molecule has 0 radical (unpaired) electrons. The molecule has 1 fully saturated rings. The first-order valence-corrected chi connectivity index (χ1v) is 15.1. The summed E-state index contributed by atoms with van der Waals surface area (Å²) in [6.07, 6.45) is 3.01. The van der Waals surface area contributed by atoms with Gasteiger partial charge in [0, 0.05) is 23.0 Å². The van der Waals surface area contributed by atoms with Gasteiger partial charge in [0.25, 0.3) is 0 Å². The Balaban J connectivity index is 1.45. The van der Waals surface area contributed by atoms with Crippen molar-refractivity contribution in [2.24, 2.45) is 0 Å². The molecule has 1 aromatic carbocycles. The van der Waals surface area contributed by atoms with Gasteiger partial charge in [-0.3, -0.25) is 4.79 Å². The van der Waals surface area contributed by atoms with E-state index >= 15 is 0 Å². The lowest BCUT2D eigenvalue weighted by atomic mass is 10.0. The van der Waals surface area contributed by atoms with Crippen LogP contribution in [0.1, 0.15) is 78.4 Å². The minimum atomic E-state index is -1.79. The standard InChI is InChI=1S/C30H43NO8S/c1-2-3-4-5-7-20-10-12-22(13-11-20)31-21(14-17-27(31)35)8-6-9-23-15-16-26(40-23)30(38)39-19-25(34)29(37)28(36)24(33)18-32/h10-13,15-16,21,24-25,28-29,32-34,36-37H,2-9,14,17-19H2,1H3/t21-,24+,25-,28-,29-/m0/s1. The van der Waals surface area contributed by atoms with Crippen molar-refractivity contribution < 1.29 is 39.9 Å². The molecule has 10 heteroatoms. The van der Waals surface area contributed by atoms with E-state index in [0.717, 1.165) is 42.7 Å². The molecular weight excluding hydrogens is 534 g/mol. The number of amides is 1. The lowest BCUT2D eigenvalue weighted by Gasteiger charge is -2.25. The predicted octanol–water partition coefficient (Wildman–Crippen LogP) is 2.98. The summed E-state index contributed by atoms with van der Waals surface area (Å²) in [4.78, 5) is 28.3. The maximum Gasteiger partial charge on any atom is 0.348 e. The van der Waals surface area contributed by atoms with Crippen LogP contribution in [0.4, 0.5) is 5.69 Å². The Bertz CT molecular complexity index is 1060. The molecule has 0 unspecified atom stereocenters. The van der Waals surface area contributed by atoms with Crippen molar-refractivity contribution in [3.63, 3.8) is 0 Å². The molecule has 1 amide bonds.